The zero-order valence-electron chi connectivity index (χ0n) is 14.5. The number of carbonyl (C=O) groups is 2. The lowest BCUT2D eigenvalue weighted by molar-refractivity contribution is -0.393. The van der Waals surface area contributed by atoms with E-state index in [1.807, 2.05) is 0 Å². The van der Waals surface area contributed by atoms with Crippen molar-refractivity contribution in [2.24, 2.45) is 5.73 Å². The molecule has 0 aliphatic carbocycles. The second-order valence-electron chi connectivity index (χ2n) is 6.18. The predicted molar refractivity (Wildman–Crippen MR) is 94.7 cm³/mol. The summed E-state index contributed by atoms with van der Waals surface area (Å²) in [7, 11) is 0. The number of carboxylic acid groups (broad SMARTS) is 1. The van der Waals surface area contributed by atoms with Crippen LogP contribution in [0, 0.1) is 20.2 Å². The molecule has 0 spiro atoms. The fourth-order valence-electron chi connectivity index (χ4n) is 2.99. The van der Waals surface area contributed by atoms with Gasteiger partial charge in [-0.2, -0.15) is 0 Å². The molecule has 1 heterocycles. The van der Waals surface area contributed by atoms with Crippen molar-refractivity contribution in [3.8, 4) is 0 Å². The van der Waals surface area contributed by atoms with Crippen molar-refractivity contribution in [1.29, 1.82) is 0 Å². The summed E-state index contributed by atoms with van der Waals surface area (Å²) >= 11 is 0. The lowest BCUT2D eigenvalue weighted by Crippen LogP contribution is -2.45. The molecule has 4 N–H and O–H groups in total. The van der Waals surface area contributed by atoms with E-state index in [2.05, 4.69) is 5.32 Å². The fourth-order valence-corrected chi connectivity index (χ4v) is 2.99. The van der Waals surface area contributed by atoms with Gasteiger partial charge < -0.3 is 21.1 Å². The standard InChI is InChI=1S/C15H19N5O7/c1-8(14(16)21)17-9-6-12(13(20(26)27)7-11(9)19(24)25)18-5-3-2-4-10(18)15(22)23/h6-8,10,17H,2-5H2,1H3,(H2,16,21)(H,22,23)/t8-,10+/m1/s1. The number of nitrogens with zero attached hydrogens (tertiary/aromatic N) is 3. The Bertz CT molecular complexity index is 797. The molecule has 0 saturated carbocycles. The number of nitrogens with one attached hydrogen (secondary N) is 1. The molecule has 1 aliphatic rings. The number of carbonyl (C=O) groups excluding carboxylic acids is 1. The van der Waals surface area contributed by atoms with Gasteiger partial charge in [-0.1, -0.05) is 0 Å². The van der Waals surface area contributed by atoms with Gasteiger partial charge in [0.15, 0.2) is 0 Å². The summed E-state index contributed by atoms with van der Waals surface area (Å²) in [6.45, 7) is 1.63. The van der Waals surface area contributed by atoms with Crippen LogP contribution in [0.5, 0.6) is 0 Å². The lowest BCUT2D eigenvalue weighted by atomic mass is 10.0. The second kappa shape index (κ2) is 7.85. The van der Waals surface area contributed by atoms with Crippen molar-refractivity contribution < 1.29 is 24.5 Å². The molecule has 0 unspecified atom stereocenters. The summed E-state index contributed by atoms with van der Waals surface area (Å²) in [5.41, 5.74) is 3.77. The maximum atomic E-state index is 11.5. The van der Waals surface area contributed by atoms with Crippen LogP contribution in [0.15, 0.2) is 12.1 Å². The lowest BCUT2D eigenvalue weighted by Gasteiger charge is -2.34. The molecule has 146 valence electrons. The number of anilines is 2. The smallest absolute Gasteiger partial charge is 0.326 e. The van der Waals surface area contributed by atoms with E-state index in [1.54, 1.807) is 0 Å². The van der Waals surface area contributed by atoms with Crippen LogP contribution in [0.4, 0.5) is 22.7 Å². The van der Waals surface area contributed by atoms with E-state index in [0.717, 1.165) is 12.1 Å². The molecular formula is C15H19N5O7. The van der Waals surface area contributed by atoms with Gasteiger partial charge in [0.05, 0.1) is 15.9 Å². The minimum atomic E-state index is -1.14. The van der Waals surface area contributed by atoms with E-state index in [0.29, 0.717) is 19.3 Å². The van der Waals surface area contributed by atoms with Crippen LogP contribution in [0.3, 0.4) is 0 Å². The normalized spacial score (nSPS) is 17.8. The first kappa shape index (κ1) is 19.9. The summed E-state index contributed by atoms with van der Waals surface area (Å²) in [5.74, 6) is -1.91. The number of nitro benzene ring substituents is 2. The molecule has 1 aliphatic heterocycles. The Morgan fingerprint density at radius 2 is 1.89 bits per heavy atom. The highest BCUT2D eigenvalue weighted by Gasteiger charge is 2.35. The number of nitrogens with two attached hydrogens (primary N) is 1. The van der Waals surface area contributed by atoms with Crippen LogP contribution < -0.4 is 16.0 Å². The molecule has 1 aromatic rings. The summed E-state index contributed by atoms with van der Waals surface area (Å²) < 4.78 is 0. The first-order chi connectivity index (χ1) is 12.6. The van der Waals surface area contributed by atoms with Crippen LogP contribution in [0.25, 0.3) is 0 Å². The van der Waals surface area contributed by atoms with E-state index in [9.17, 15) is 34.9 Å². The number of carboxylic acids is 1. The molecule has 2 atom stereocenters. The van der Waals surface area contributed by atoms with Crippen molar-refractivity contribution in [3.63, 3.8) is 0 Å². The van der Waals surface area contributed by atoms with E-state index in [1.165, 1.54) is 11.8 Å². The number of hydrogen-bond acceptors (Lipinski definition) is 8. The van der Waals surface area contributed by atoms with Gasteiger partial charge in [0.1, 0.15) is 23.5 Å². The van der Waals surface area contributed by atoms with Gasteiger partial charge in [-0.05, 0) is 32.3 Å². The molecule has 1 saturated heterocycles. The Morgan fingerprint density at radius 1 is 1.26 bits per heavy atom. The fraction of sp³-hybridized carbons (Fsp3) is 0.467. The third-order valence-corrected chi connectivity index (χ3v) is 4.38. The van der Waals surface area contributed by atoms with Gasteiger partial charge in [-0.15, -0.1) is 0 Å². The number of rotatable bonds is 7. The van der Waals surface area contributed by atoms with Gasteiger partial charge in [-0.3, -0.25) is 25.0 Å². The average Bonchev–Trinajstić information content (AvgIpc) is 2.60. The van der Waals surface area contributed by atoms with Crippen molar-refractivity contribution in [2.75, 3.05) is 16.8 Å². The summed E-state index contributed by atoms with van der Waals surface area (Å²) in [5, 5.41) is 34.8. The highest BCUT2D eigenvalue weighted by molar-refractivity contribution is 5.87. The summed E-state index contributed by atoms with van der Waals surface area (Å²) in [6, 6.07) is -0.0643. The summed E-state index contributed by atoms with van der Waals surface area (Å²) in [4.78, 5) is 45.4. The zero-order chi connectivity index (χ0) is 20.3. The van der Waals surface area contributed by atoms with E-state index in [-0.39, 0.29) is 17.9 Å². The number of benzene rings is 1. The Labute approximate surface area is 153 Å². The Balaban J connectivity index is 2.63. The van der Waals surface area contributed by atoms with Crippen molar-refractivity contribution in [2.45, 2.75) is 38.3 Å². The topological polar surface area (TPSA) is 182 Å². The van der Waals surface area contributed by atoms with Crippen LogP contribution in [0.2, 0.25) is 0 Å². The Hall–Kier alpha value is -3.44. The van der Waals surface area contributed by atoms with E-state index >= 15 is 0 Å². The van der Waals surface area contributed by atoms with Crippen LogP contribution >= 0.6 is 0 Å². The highest BCUT2D eigenvalue weighted by atomic mass is 16.6. The molecule has 0 bridgehead atoms. The largest absolute Gasteiger partial charge is 0.480 e. The van der Waals surface area contributed by atoms with Crippen molar-refractivity contribution in [1.82, 2.24) is 0 Å². The molecule has 1 fully saturated rings. The number of primary amides is 1. The zero-order valence-corrected chi connectivity index (χ0v) is 14.5. The molecule has 1 aromatic carbocycles. The molecule has 27 heavy (non-hydrogen) atoms. The Kier molecular flexibility index (Phi) is 5.78. The minimum absolute atomic E-state index is 0.0585. The van der Waals surface area contributed by atoms with Crippen LogP contribution in [0.1, 0.15) is 26.2 Å². The Morgan fingerprint density at radius 3 is 2.41 bits per heavy atom. The number of aliphatic carboxylic acids is 1. The van der Waals surface area contributed by atoms with Crippen molar-refractivity contribution >= 4 is 34.6 Å². The maximum absolute atomic E-state index is 11.5. The van der Waals surface area contributed by atoms with Gasteiger partial charge in [0.25, 0.3) is 11.4 Å². The number of nitro groups is 2. The van der Waals surface area contributed by atoms with Gasteiger partial charge in [-0.25, -0.2) is 4.79 Å². The number of hydrogen-bond donors (Lipinski definition) is 3. The summed E-state index contributed by atoms with van der Waals surface area (Å²) in [6.07, 6.45) is 1.57. The highest BCUT2D eigenvalue weighted by Crippen LogP contribution is 2.40. The molecular weight excluding hydrogens is 362 g/mol. The van der Waals surface area contributed by atoms with E-state index < -0.39 is 45.2 Å². The third kappa shape index (κ3) is 4.22. The predicted octanol–water partition coefficient (Wildman–Crippen LogP) is 1.23. The molecule has 0 aromatic heterocycles. The first-order valence-corrected chi connectivity index (χ1v) is 8.15. The molecule has 12 heteroatoms. The molecule has 2 rings (SSSR count). The van der Waals surface area contributed by atoms with Crippen LogP contribution in [-0.2, 0) is 9.59 Å². The van der Waals surface area contributed by atoms with Gasteiger partial charge in [0, 0.05) is 6.54 Å². The molecule has 1 amide bonds. The van der Waals surface area contributed by atoms with Gasteiger partial charge >= 0.3 is 5.97 Å². The third-order valence-electron chi connectivity index (χ3n) is 4.38. The monoisotopic (exact) mass is 381 g/mol. The second-order valence-corrected chi connectivity index (χ2v) is 6.18. The number of piperidine rings is 1. The quantitative estimate of drug-likeness (QED) is 0.462. The minimum Gasteiger partial charge on any atom is -0.480 e. The van der Waals surface area contributed by atoms with E-state index in [4.69, 9.17) is 5.73 Å². The number of amides is 1. The molecule has 0 radical (unpaired) electrons. The maximum Gasteiger partial charge on any atom is 0.326 e. The van der Waals surface area contributed by atoms with Gasteiger partial charge in [0.2, 0.25) is 5.91 Å². The molecule has 12 nitrogen and oxygen atoms in total. The SMILES string of the molecule is C[C@@H](Nc1cc(N2CCCC[C@H]2C(=O)O)c([N+](=O)[O-])cc1[N+](=O)[O-])C(N)=O. The van der Waals surface area contributed by atoms with Crippen LogP contribution in [-0.4, -0.2) is 45.5 Å². The average molecular weight is 381 g/mol. The van der Waals surface area contributed by atoms with Crippen molar-refractivity contribution in [3.05, 3.63) is 32.4 Å². The first-order valence-electron chi connectivity index (χ1n) is 8.15.